The molecule has 0 radical (unpaired) electrons. The minimum atomic E-state index is 0.779. The summed E-state index contributed by atoms with van der Waals surface area (Å²) in [4.78, 5) is 2.63. The Morgan fingerprint density at radius 2 is 1.26 bits per heavy atom. The van der Waals surface area contributed by atoms with E-state index in [2.05, 4.69) is 24.1 Å². The molecular formula is C21H44N2. The van der Waals surface area contributed by atoms with Crippen LogP contribution in [0, 0.1) is 0 Å². The lowest BCUT2D eigenvalue weighted by Crippen LogP contribution is -2.36. The zero-order valence-electron chi connectivity index (χ0n) is 16.3. The van der Waals surface area contributed by atoms with Crippen LogP contribution < -0.4 is 5.32 Å². The quantitative estimate of drug-likeness (QED) is 0.363. The van der Waals surface area contributed by atoms with E-state index in [1.165, 1.54) is 116 Å². The SMILES string of the molecule is CCCCCCCC(CCCCCCC)NCCN1CCCC1. The largest absolute Gasteiger partial charge is 0.313 e. The van der Waals surface area contributed by atoms with E-state index in [1.807, 2.05) is 0 Å². The first-order valence-electron chi connectivity index (χ1n) is 10.8. The Morgan fingerprint density at radius 1 is 0.739 bits per heavy atom. The summed E-state index contributed by atoms with van der Waals surface area (Å²) in [6.45, 7) is 9.75. The molecule has 1 rings (SSSR count). The van der Waals surface area contributed by atoms with Crippen molar-refractivity contribution in [3.63, 3.8) is 0 Å². The zero-order valence-corrected chi connectivity index (χ0v) is 16.3. The molecule has 1 N–H and O–H groups in total. The van der Waals surface area contributed by atoms with E-state index in [0.717, 1.165) is 6.04 Å². The van der Waals surface area contributed by atoms with Crippen molar-refractivity contribution < 1.29 is 0 Å². The van der Waals surface area contributed by atoms with Crippen molar-refractivity contribution in [2.24, 2.45) is 0 Å². The lowest BCUT2D eigenvalue weighted by Gasteiger charge is -2.21. The number of likely N-dealkylation sites (tertiary alicyclic amines) is 1. The van der Waals surface area contributed by atoms with Crippen LogP contribution in [0.2, 0.25) is 0 Å². The van der Waals surface area contributed by atoms with E-state index >= 15 is 0 Å². The average molecular weight is 325 g/mol. The first-order chi connectivity index (χ1) is 11.4. The van der Waals surface area contributed by atoms with Gasteiger partial charge in [-0.2, -0.15) is 0 Å². The van der Waals surface area contributed by atoms with E-state index in [1.54, 1.807) is 0 Å². The molecule has 1 aliphatic rings. The van der Waals surface area contributed by atoms with Crippen LogP contribution >= 0.6 is 0 Å². The molecule has 0 aromatic rings. The molecule has 0 spiro atoms. The highest BCUT2D eigenvalue weighted by atomic mass is 15.2. The maximum Gasteiger partial charge on any atom is 0.0107 e. The van der Waals surface area contributed by atoms with Crippen LogP contribution in [-0.2, 0) is 0 Å². The minimum absolute atomic E-state index is 0.779. The maximum atomic E-state index is 3.89. The molecule has 2 nitrogen and oxygen atoms in total. The summed E-state index contributed by atoms with van der Waals surface area (Å²) in [6, 6.07) is 0.779. The Bertz CT molecular complexity index is 222. The molecule has 0 aromatic carbocycles. The van der Waals surface area contributed by atoms with Crippen LogP contribution in [-0.4, -0.2) is 37.1 Å². The van der Waals surface area contributed by atoms with Crippen LogP contribution in [0.3, 0.4) is 0 Å². The van der Waals surface area contributed by atoms with E-state index < -0.39 is 0 Å². The van der Waals surface area contributed by atoms with E-state index in [-0.39, 0.29) is 0 Å². The minimum Gasteiger partial charge on any atom is -0.313 e. The fraction of sp³-hybridized carbons (Fsp3) is 1.00. The van der Waals surface area contributed by atoms with Gasteiger partial charge < -0.3 is 10.2 Å². The molecule has 0 aromatic heterocycles. The van der Waals surface area contributed by atoms with Crippen molar-refractivity contribution in [1.82, 2.24) is 10.2 Å². The van der Waals surface area contributed by atoms with E-state index in [4.69, 9.17) is 0 Å². The number of unbranched alkanes of at least 4 members (excludes halogenated alkanes) is 8. The Hall–Kier alpha value is -0.0800. The Balaban J connectivity index is 2.11. The molecule has 0 unspecified atom stereocenters. The monoisotopic (exact) mass is 324 g/mol. The predicted octanol–water partition coefficient (Wildman–Crippen LogP) is 5.76. The first kappa shape index (κ1) is 21.0. The molecule has 0 amide bonds. The second-order valence-electron chi connectivity index (χ2n) is 7.61. The first-order valence-corrected chi connectivity index (χ1v) is 10.8. The molecule has 1 fully saturated rings. The summed E-state index contributed by atoms with van der Waals surface area (Å²) in [7, 11) is 0. The van der Waals surface area contributed by atoms with Gasteiger partial charge in [0, 0.05) is 19.1 Å². The predicted molar refractivity (Wildman–Crippen MR) is 104 cm³/mol. The lowest BCUT2D eigenvalue weighted by atomic mass is 10.0. The number of hydrogen-bond donors (Lipinski definition) is 1. The van der Waals surface area contributed by atoms with Gasteiger partial charge in [0.1, 0.15) is 0 Å². The Labute approximate surface area is 146 Å². The van der Waals surface area contributed by atoms with Gasteiger partial charge in [0.15, 0.2) is 0 Å². The van der Waals surface area contributed by atoms with Crippen LogP contribution in [0.5, 0.6) is 0 Å². The Morgan fingerprint density at radius 3 is 1.78 bits per heavy atom. The van der Waals surface area contributed by atoms with Gasteiger partial charge >= 0.3 is 0 Å². The second kappa shape index (κ2) is 15.4. The average Bonchev–Trinajstić information content (AvgIpc) is 3.07. The molecule has 1 aliphatic heterocycles. The fourth-order valence-electron chi connectivity index (χ4n) is 3.77. The van der Waals surface area contributed by atoms with E-state index in [9.17, 15) is 0 Å². The topological polar surface area (TPSA) is 15.3 Å². The fourth-order valence-corrected chi connectivity index (χ4v) is 3.77. The van der Waals surface area contributed by atoms with Crippen LogP contribution in [0.25, 0.3) is 0 Å². The summed E-state index contributed by atoms with van der Waals surface area (Å²) in [5, 5.41) is 3.89. The third-order valence-corrected chi connectivity index (χ3v) is 5.37. The molecule has 0 saturated carbocycles. The molecule has 2 heteroatoms. The van der Waals surface area contributed by atoms with Crippen LogP contribution in [0.15, 0.2) is 0 Å². The number of rotatable bonds is 16. The van der Waals surface area contributed by atoms with Gasteiger partial charge in [-0.3, -0.25) is 0 Å². The van der Waals surface area contributed by atoms with Gasteiger partial charge in [-0.25, -0.2) is 0 Å². The highest BCUT2D eigenvalue weighted by molar-refractivity contribution is 4.71. The number of nitrogens with one attached hydrogen (secondary N) is 1. The Kier molecular flexibility index (Phi) is 14.1. The van der Waals surface area contributed by atoms with Gasteiger partial charge in [0.25, 0.3) is 0 Å². The number of hydrogen-bond acceptors (Lipinski definition) is 2. The molecule has 0 atom stereocenters. The highest BCUT2D eigenvalue weighted by Crippen LogP contribution is 2.14. The van der Waals surface area contributed by atoms with Crippen molar-refractivity contribution in [2.75, 3.05) is 26.2 Å². The molecule has 23 heavy (non-hydrogen) atoms. The molecule has 0 bridgehead atoms. The summed E-state index contributed by atoms with van der Waals surface area (Å²) >= 11 is 0. The summed E-state index contributed by atoms with van der Waals surface area (Å²) in [6.07, 6.45) is 19.8. The van der Waals surface area contributed by atoms with Gasteiger partial charge in [-0.15, -0.1) is 0 Å². The van der Waals surface area contributed by atoms with Crippen molar-refractivity contribution >= 4 is 0 Å². The summed E-state index contributed by atoms with van der Waals surface area (Å²) in [5.41, 5.74) is 0. The highest BCUT2D eigenvalue weighted by Gasteiger charge is 2.12. The third kappa shape index (κ3) is 12.0. The molecule has 1 saturated heterocycles. The van der Waals surface area contributed by atoms with Crippen molar-refractivity contribution in [2.45, 2.75) is 110 Å². The molecule has 138 valence electrons. The zero-order chi connectivity index (χ0) is 16.6. The van der Waals surface area contributed by atoms with Crippen molar-refractivity contribution in [3.8, 4) is 0 Å². The van der Waals surface area contributed by atoms with Gasteiger partial charge in [0.2, 0.25) is 0 Å². The summed E-state index contributed by atoms with van der Waals surface area (Å²) in [5.74, 6) is 0. The third-order valence-electron chi connectivity index (χ3n) is 5.37. The normalized spacial score (nSPS) is 15.8. The van der Waals surface area contributed by atoms with Gasteiger partial charge in [-0.05, 0) is 38.8 Å². The van der Waals surface area contributed by atoms with Gasteiger partial charge in [-0.1, -0.05) is 78.1 Å². The van der Waals surface area contributed by atoms with Crippen molar-refractivity contribution in [1.29, 1.82) is 0 Å². The summed E-state index contributed by atoms with van der Waals surface area (Å²) < 4.78 is 0. The van der Waals surface area contributed by atoms with Gasteiger partial charge in [0.05, 0.1) is 0 Å². The molecule has 0 aliphatic carbocycles. The molecular weight excluding hydrogens is 280 g/mol. The van der Waals surface area contributed by atoms with Crippen LogP contribution in [0.1, 0.15) is 104 Å². The molecule has 1 heterocycles. The standard InChI is InChI=1S/C21H44N2/c1-3-5-7-9-11-15-21(16-12-10-8-6-4-2)22-17-20-23-18-13-14-19-23/h21-22H,3-20H2,1-2H3. The smallest absolute Gasteiger partial charge is 0.0107 e. The second-order valence-corrected chi connectivity index (χ2v) is 7.61. The van der Waals surface area contributed by atoms with Crippen molar-refractivity contribution in [3.05, 3.63) is 0 Å². The van der Waals surface area contributed by atoms with E-state index in [0.29, 0.717) is 0 Å². The van der Waals surface area contributed by atoms with Crippen LogP contribution in [0.4, 0.5) is 0 Å². The number of nitrogens with zero attached hydrogens (tertiary/aromatic N) is 1. The lowest BCUT2D eigenvalue weighted by molar-refractivity contribution is 0.317. The maximum absolute atomic E-state index is 3.89.